The first-order valence-corrected chi connectivity index (χ1v) is 13.8. The minimum Gasteiger partial charge on any atom is -0.310 e. The van der Waals surface area contributed by atoms with Crippen LogP contribution < -0.4 is 0 Å². The predicted molar refractivity (Wildman–Crippen MR) is 172 cm³/mol. The third-order valence-electron chi connectivity index (χ3n) is 7.98. The number of hydrogen-bond acceptors (Lipinski definition) is 1. The molecular formula is C38H28N2O. The summed E-state index contributed by atoms with van der Waals surface area (Å²) in [5.74, 6) is 0. The Kier molecular flexibility index (Phi) is 5.98. The zero-order chi connectivity index (χ0) is 27.9. The maximum Gasteiger partial charge on any atom is 0.150 e. The van der Waals surface area contributed by atoms with Crippen LogP contribution in [0.4, 0.5) is 0 Å². The highest BCUT2D eigenvalue weighted by Crippen LogP contribution is 2.34. The SMILES string of the molecule is C=C/C=C\c1c(C)c2ccccc2n1-c1ccc(-c2ccc(-n3c4ccccc4c4cc(C=O)ccc43)cc2)cc1. The average molecular weight is 529 g/mol. The highest BCUT2D eigenvalue weighted by molar-refractivity contribution is 6.10. The van der Waals surface area contributed by atoms with Crippen LogP contribution >= 0.6 is 0 Å². The van der Waals surface area contributed by atoms with Gasteiger partial charge in [-0.25, -0.2) is 0 Å². The van der Waals surface area contributed by atoms with Crippen LogP contribution in [0, 0.1) is 6.92 Å². The number of carbonyl (C=O) groups is 1. The first-order chi connectivity index (χ1) is 20.2. The molecule has 2 aromatic heterocycles. The van der Waals surface area contributed by atoms with Crippen LogP contribution in [0.15, 0.2) is 134 Å². The Morgan fingerprint density at radius 2 is 1.17 bits per heavy atom. The van der Waals surface area contributed by atoms with Gasteiger partial charge in [-0.3, -0.25) is 4.79 Å². The van der Waals surface area contributed by atoms with E-state index in [0.717, 1.165) is 56.3 Å². The van der Waals surface area contributed by atoms with Crippen LogP contribution in [0.3, 0.4) is 0 Å². The number of nitrogens with zero attached hydrogens (tertiary/aromatic N) is 2. The first kappa shape index (κ1) is 24.6. The molecule has 41 heavy (non-hydrogen) atoms. The summed E-state index contributed by atoms with van der Waals surface area (Å²) in [4.78, 5) is 11.4. The lowest BCUT2D eigenvalue weighted by Gasteiger charge is -2.12. The van der Waals surface area contributed by atoms with Crippen LogP contribution in [-0.2, 0) is 0 Å². The van der Waals surface area contributed by atoms with Crippen LogP contribution in [-0.4, -0.2) is 15.4 Å². The molecule has 0 unspecified atom stereocenters. The number of aldehydes is 1. The van der Waals surface area contributed by atoms with Gasteiger partial charge >= 0.3 is 0 Å². The maximum atomic E-state index is 11.4. The van der Waals surface area contributed by atoms with Crippen molar-refractivity contribution in [1.82, 2.24) is 9.13 Å². The van der Waals surface area contributed by atoms with E-state index in [-0.39, 0.29) is 0 Å². The summed E-state index contributed by atoms with van der Waals surface area (Å²) in [6.45, 7) is 6.03. The molecule has 3 heteroatoms. The molecule has 0 aliphatic heterocycles. The van der Waals surface area contributed by atoms with Gasteiger partial charge in [0.1, 0.15) is 6.29 Å². The van der Waals surface area contributed by atoms with Gasteiger partial charge in [-0.05, 0) is 84.3 Å². The molecule has 7 aromatic rings. The number of fused-ring (bicyclic) bond motifs is 4. The summed E-state index contributed by atoms with van der Waals surface area (Å²) in [6.07, 6.45) is 6.84. The van der Waals surface area contributed by atoms with Crippen molar-refractivity contribution < 1.29 is 4.79 Å². The monoisotopic (exact) mass is 528 g/mol. The van der Waals surface area contributed by atoms with Gasteiger partial charge in [0.05, 0.1) is 16.6 Å². The van der Waals surface area contributed by atoms with Crippen molar-refractivity contribution in [2.75, 3.05) is 0 Å². The van der Waals surface area contributed by atoms with Crippen molar-refractivity contribution in [3.63, 3.8) is 0 Å². The van der Waals surface area contributed by atoms with Crippen molar-refractivity contribution in [1.29, 1.82) is 0 Å². The number of aryl methyl sites for hydroxylation is 1. The molecule has 5 aromatic carbocycles. The summed E-state index contributed by atoms with van der Waals surface area (Å²) >= 11 is 0. The maximum absolute atomic E-state index is 11.4. The lowest BCUT2D eigenvalue weighted by Crippen LogP contribution is -1.97. The molecule has 0 saturated heterocycles. The van der Waals surface area contributed by atoms with Gasteiger partial charge in [0.15, 0.2) is 0 Å². The zero-order valence-corrected chi connectivity index (χ0v) is 22.8. The van der Waals surface area contributed by atoms with Crippen LogP contribution in [0.1, 0.15) is 21.6 Å². The fourth-order valence-corrected chi connectivity index (χ4v) is 6.01. The van der Waals surface area contributed by atoms with E-state index in [2.05, 4.69) is 120 Å². The quantitative estimate of drug-likeness (QED) is 0.156. The molecule has 0 atom stereocenters. The number of allylic oxidation sites excluding steroid dienone is 2. The standard InChI is InChI=1S/C38H28N2O/c1-3-4-11-35-26(2)32-9-5-7-12-36(32)39(35)30-19-15-28(16-20-30)29-17-21-31(22-18-29)40-37-13-8-6-10-33(37)34-24-27(25-41)14-23-38(34)40/h3-25H,1H2,2H3/b11-4-. The molecule has 0 radical (unpaired) electrons. The number of para-hydroxylation sites is 2. The van der Waals surface area contributed by atoms with Gasteiger partial charge in [0.25, 0.3) is 0 Å². The van der Waals surface area contributed by atoms with E-state index < -0.39 is 0 Å². The fourth-order valence-electron chi connectivity index (χ4n) is 6.01. The van der Waals surface area contributed by atoms with Gasteiger partial charge in [-0.15, -0.1) is 0 Å². The number of benzene rings is 5. The Labute approximate surface area is 238 Å². The lowest BCUT2D eigenvalue weighted by molar-refractivity contribution is 0.112. The van der Waals surface area contributed by atoms with E-state index in [0.29, 0.717) is 5.56 Å². The van der Waals surface area contributed by atoms with E-state index in [9.17, 15) is 4.79 Å². The van der Waals surface area contributed by atoms with Crippen LogP contribution in [0.5, 0.6) is 0 Å². The van der Waals surface area contributed by atoms with E-state index in [1.807, 2.05) is 36.4 Å². The van der Waals surface area contributed by atoms with Crippen molar-refractivity contribution in [3.8, 4) is 22.5 Å². The summed E-state index contributed by atoms with van der Waals surface area (Å²) < 4.78 is 4.58. The Morgan fingerprint density at radius 3 is 1.80 bits per heavy atom. The smallest absolute Gasteiger partial charge is 0.150 e. The van der Waals surface area contributed by atoms with Gasteiger partial charge in [-0.2, -0.15) is 0 Å². The van der Waals surface area contributed by atoms with Crippen LogP contribution in [0.2, 0.25) is 0 Å². The molecule has 0 saturated carbocycles. The van der Waals surface area contributed by atoms with Crippen molar-refractivity contribution in [2.24, 2.45) is 0 Å². The fraction of sp³-hybridized carbons (Fsp3) is 0.0263. The molecular weight excluding hydrogens is 500 g/mol. The number of rotatable bonds is 6. The Hall–Kier alpha value is -5.41. The van der Waals surface area contributed by atoms with E-state index >= 15 is 0 Å². The van der Waals surface area contributed by atoms with E-state index in [1.165, 1.54) is 16.5 Å². The average Bonchev–Trinajstić information content (AvgIpc) is 3.51. The third-order valence-corrected chi connectivity index (χ3v) is 7.98. The minimum atomic E-state index is 0.686. The lowest BCUT2D eigenvalue weighted by atomic mass is 10.0. The molecule has 0 fully saturated rings. The third kappa shape index (κ3) is 4.02. The second kappa shape index (κ2) is 9.96. The van der Waals surface area contributed by atoms with Gasteiger partial charge in [0, 0.05) is 38.8 Å². The molecule has 0 N–H and O–H groups in total. The van der Waals surface area contributed by atoms with Crippen molar-refractivity contribution >= 4 is 45.1 Å². The molecule has 3 nitrogen and oxygen atoms in total. The van der Waals surface area contributed by atoms with Gasteiger partial charge in [-0.1, -0.05) is 79.4 Å². The molecule has 2 heterocycles. The molecule has 7 rings (SSSR count). The summed E-state index contributed by atoms with van der Waals surface area (Å²) in [7, 11) is 0. The van der Waals surface area contributed by atoms with E-state index in [1.54, 1.807) is 0 Å². The largest absolute Gasteiger partial charge is 0.310 e. The highest BCUT2D eigenvalue weighted by Gasteiger charge is 2.15. The number of aromatic nitrogens is 2. The van der Waals surface area contributed by atoms with Gasteiger partial charge < -0.3 is 9.13 Å². The Bertz CT molecular complexity index is 2120. The molecule has 0 amide bonds. The van der Waals surface area contributed by atoms with Crippen molar-refractivity contribution in [3.05, 3.63) is 151 Å². The normalized spacial score (nSPS) is 11.6. The number of hydrogen-bond donors (Lipinski definition) is 0. The molecule has 0 aliphatic carbocycles. The summed E-state index contributed by atoms with van der Waals surface area (Å²) in [5.41, 5.74) is 11.0. The minimum absolute atomic E-state index is 0.686. The first-order valence-electron chi connectivity index (χ1n) is 13.8. The molecule has 196 valence electrons. The second-order valence-corrected chi connectivity index (χ2v) is 10.3. The zero-order valence-electron chi connectivity index (χ0n) is 22.8. The van der Waals surface area contributed by atoms with Crippen molar-refractivity contribution in [2.45, 2.75) is 6.92 Å². The molecule has 0 aliphatic rings. The summed E-state index contributed by atoms with van der Waals surface area (Å²) in [5, 5.41) is 3.48. The second-order valence-electron chi connectivity index (χ2n) is 10.3. The molecule has 0 spiro atoms. The van der Waals surface area contributed by atoms with Crippen LogP contribution in [0.25, 0.3) is 61.3 Å². The van der Waals surface area contributed by atoms with Gasteiger partial charge in [0.2, 0.25) is 0 Å². The predicted octanol–water partition coefficient (Wildman–Crippen LogP) is 9.71. The Morgan fingerprint density at radius 1 is 0.610 bits per heavy atom. The summed E-state index contributed by atoms with van der Waals surface area (Å²) in [6, 6.07) is 40.3. The Balaban J connectivity index is 1.28. The van der Waals surface area contributed by atoms with E-state index in [4.69, 9.17) is 0 Å². The molecule has 0 bridgehead atoms. The topological polar surface area (TPSA) is 26.9 Å². The number of carbonyl (C=O) groups excluding carboxylic acids is 1. The highest BCUT2D eigenvalue weighted by atomic mass is 16.1.